The van der Waals surface area contributed by atoms with Gasteiger partial charge in [0.15, 0.2) is 6.23 Å². The zero-order chi connectivity index (χ0) is 66.7. The molecule has 506 valence electrons. The number of carbonyl (C=O) groups excluding carboxylic acids is 7. The first-order chi connectivity index (χ1) is 41.8. The number of hydrogen-bond acceptors (Lipinski definition) is 18. The fourth-order valence-corrected chi connectivity index (χ4v) is 16.4. The molecule has 7 heterocycles. The number of fused-ring (bicyclic) bond motifs is 7. The number of allylic oxidation sites excluding steroid dienone is 6. The molecule has 0 radical (unpaired) electrons. The van der Waals surface area contributed by atoms with Crippen molar-refractivity contribution in [3.05, 3.63) is 76.6 Å². The van der Waals surface area contributed by atoms with Crippen LogP contribution in [0.3, 0.4) is 0 Å². The van der Waals surface area contributed by atoms with Gasteiger partial charge in [0.05, 0.1) is 41.3 Å². The summed E-state index contributed by atoms with van der Waals surface area (Å²) in [6.07, 6.45) is -4.79. The monoisotopic (exact) mass is 1340 g/mol. The largest absolute Gasteiger partial charge is 3.00 e. The summed E-state index contributed by atoms with van der Waals surface area (Å²) >= 11 is 0. The quantitative estimate of drug-likeness (QED) is 0.0478. The van der Waals surface area contributed by atoms with Crippen molar-refractivity contribution in [3.8, 4) is 0 Å². The van der Waals surface area contributed by atoms with Crippen molar-refractivity contribution in [2.45, 2.75) is 189 Å². The Morgan fingerprint density at radius 3 is 1.96 bits per heavy atom. The van der Waals surface area contributed by atoms with E-state index in [1.54, 1.807) is 6.92 Å². The summed E-state index contributed by atoms with van der Waals surface area (Å²) in [5.41, 5.74) is 36.7. The molecular formula is C63H91CoN13O14P. The molecule has 2 fully saturated rings. The molecule has 7 amide bonds. The van der Waals surface area contributed by atoms with E-state index in [2.05, 4.69) is 10.3 Å². The van der Waals surface area contributed by atoms with Gasteiger partial charge in [0.25, 0.3) is 7.82 Å². The number of aliphatic hydroxyl groups excluding tert-OH is 2. The average Bonchev–Trinajstić information content (AvgIpc) is 1.53. The van der Waals surface area contributed by atoms with E-state index in [-0.39, 0.29) is 101 Å². The fraction of sp³-hybridized carbons (Fsp3) is 0.619. The zero-order valence-corrected chi connectivity index (χ0v) is 56.4. The number of nitrogens with zero attached hydrogens (tertiary/aromatic N) is 6. The second kappa shape index (κ2) is 27.8. The predicted molar refractivity (Wildman–Crippen MR) is 338 cm³/mol. The van der Waals surface area contributed by atoms with Gasteiger partial charge in [-0.2, -0.15) is 5.70 Å². The number of hydrogen-bond donors (Lipinski definition) is 9. The van der Waals surface area contributed by atoms with Gasteiger partial charge in [-0.05, 0) is 119 Å². The van der Waals surface area contributed by atoms with Crippen molar-refractivity contribution < 1.29 is 83.8 Å². The molecule has 0 spiro atoms. The number of aliphatic hydroxyl groups is 2. The summed E-state index contributed by atoms with van der Waals surface area (Å²) in [4.78, 5) is 128. The fourth-order valence-electron chi connectivity index (χ4n) is 15.3. The minimum atomic E-state index is -5.32. The normalized spacial score (nSPS) is 33.5. The summed E-state index contributed by atoms with van der Waals surface area (Å²) in [5.74, 6) is -7.40. The molecule has 15 atom stereocenters. The van der Waals surface area contributed by atoms with Gasteiger partial charge in [-0.15, -0.1) is 0 Å². The third-order valence-electron chi connectivity index (χ3n) is 20.5. The molecule has 27 nitrogen and oxygen atoms in total. The van der Waals surface area contributed by atoms with Gasteiger partial charge < -0.3 is 85.9 Å². The number of phosphoric acid groups is 1. The zero-order valence-electron chi connectivity index (χ0n) is 54.5. The molecule has 1 aromatic carbocycles. The van der Waals surface area contributed by atoms with E-state index in [1.165, 1.54) is 17.8 Å². The number of ether oxygens (including phenoxy) is 1. The minimum Gasteiger partial charge on any atom is -0.756 e. The van der Waals surface area contributed by atoms with Crippen LogP contribution in [-0.2, 0) is 68.7 Å². The summed E-state index contributed by atoms with van der Waals surface area (Å²) in [6.45, 7) is 19.0. The maximum Gasteiger partial charge on any atom is 3.00 e. The van der Waals surface area contributed by atoms with E-state index in [1.807, 2.05) is 80.5 Å². The van der Waals surface area contributed by atoms with Gasteiger partial charge in [0.1, 0.15) is 18.3 Å². The number of primary amides is 6. The van der Waals surface area contributed by atoms with Crippen LogP contribution in [0.5, 0.6) is 0 Å². The molecule has 0 aliphatic carbocycles. The van der Waals surface area contributed by atoms with E-state index in [0.717, 1.165) is 11.1 Å². The molecule has 2 aromatic rings. The summed E-state index contributed by atoms with van der Waals surface area (Å²) in [6, 6.07) is 2.65. The van der Waals surface area contributed by atoms with Crippen LogP contribution in [0, 0.1) is 66.6 Å². The number of phosphoric ester groups is 1. The van der Waals surface area contributed by atoms with E-state index >= 15 is 0 Å². The van der Waals surface area contributed by atoms with Crippen molar-refractivity contribution >= 4 is 77.3 Å². The second-order valence-corrected chi connectivity index (χ2v) is 28.3. The summed E-state index contributed by atoms with van der Waals surface area (Å²) < 4.78 is 31.9. The van der Waals surface area contributed by atoms with Crippen LogP contribution in [0.4, 0.5) is 0 Å². The van der Waals surface area contributed by atoms with Crippen LogP contribution in [0.1, 0.15) is 150 Å². The number of aryl methyl sites for hydroxylation is 2. The predicted octanol–water partition coefficient (Wildman–Crippen LogP) is 3.76. The number of aromatic nitrogens is 2. The van der Waals surface area contributed by atoms with Crippen LogP contribution in [0.2, 0.25) is 0 Å². The van der Waals surface area contributed by atoms with E-state index in [4.69, 9.17) is 68.5 Å². The number of benzene rings is 1. The molecule has 6 aliphatic heterocycles. The number of nitrogens with two attached hydrogens (primary N) is 6. The SMILES string of the molecule is C/C1=C2/[N-]C([C@H](CC(N)=O)[C@@]2(C)CCC(=O)NCC(C)OP(=O)([O-])OC2C(O)[C@@H](n3cnc4cc(C)c(C)cc43)O[C@H]2CO)[C@]2(C)N=C(/C(C)=C3N=C(/C=C4N=C1[C@@H](CCC(N)=O)C\4(C)C)[C@@H](CCC(N)=O)[C@]\3(C)CC(N)=O)[C@@H](CCC(N)=O)[C@]2(C)CC(N)=O.[CH3-].[Co+3]. The van der Waals surface area contributed by atoms with Crippen LogP contribution in [0.15, 0.2) is 67.8 Å². The number of nitrogens with one attached hydrogen (secondary N) is 1. The Labute approximate surface area is 547 Å². The van der Waals surface area contributed by atoms with E-state index in [9.17, 15) is 53.2 Å². The van der Waals surface area contributed by atoms with Gasteiger partial charge in [0.2, 0.25) is 41.4 Å². The number of amides is 7. The molecule has 1 aromatic heterocycles. The van der Waals surface area contributed by atoms with Gasteiger partial charge in [-0.3, -0.25) is 53.1 Å². The van der Waals surface area contributed by atoms with Crippen LogP contribution >= 0.6 is 7.82 Å². The summed E-state index contributed by atoms with van der Waals surface area (Å²) in [5, 5.41) is 30.1. The maximum absolute atomic E-state index is 14.4. The molecule has 6 aliphatic rings. The second-order valence-electron chi connectivity index (χ2n) is 27.0. The first-order valence-electron chi connectivity index (χ1n) is 30.5. The number of carbonyl (C=O) groups is 7. The van der Waals surface area contributed by atoms with Gasteiger partial charge >= 0.3 is 16.8 Å². The maximum atomic E-state index is 14.4. The van der Waals surface area contributed by atoms with Crippen LogP contribution in [0.25, 0.3) is 16.4 Å². The Morgan fingerprint density at radius 2 is 1.38 bits per heavy atom. The molecule has 8 rings (SSSR count). The number of imidazole rings is 1. The van der Waals surface area contributed by atoms with Crippen molar-refractivity contribution in [1.29, 1.82) is 0 Å². The van der Waals surface area contributed by atoms with Crippen LogP contribution < -0.4 is 44.6 Å². The summed E-state index contributed by atoms with van der Waals surface area (Å²) in [7, 11) is -5.32. The molecule has 8 bridgehead atoms. The molecule has 0 saturated carbocycles. The standard InChI is InChI=1S/C62H90N13O14P.CH3.Co/c1-29-20-39-40(21-30(29)2)75(28-70-39)57-52(84)53(41(27-76)87-57)89-90(85,86)88-31(3)26-69-49(83)18-19-59(8)37(22-46(66)80)56-62(11)61(10,25-48(68)82)36(14-17-45(65)79)51(74-62)33(5)55-60(9,24-47(67)81)34(12-15-43(63)77)38(71-55)23-42-58(6,7)35(13-16-44(64)78)50(72-42)32(4)54(59)73-56;;/h20-21,23,28,31,34-37,41,52-53,56-57,76,84H,12-19,22,24-27H2,1-11H3,(H15,63,64,65,66,67,68,69,71,72,73,74,77,78,79,80,81,82,83,85,86);1H3;/q;-1;+3/p-2/t31?,34-,35-,36-,37+,41+,52?,53?,56?,57+,59-,60+,61+,62+;;/m1../s1. The Kier molecular flexibility index (Phi) is 22.6. The van der Waals surface area contributed by atoms with Gasteiger partial charge in [-0.1, -0.05) is 40.7 Å². The molecule has 15 N–H and O–H groups in total. The smallest absolute Gasteiger partial charge is 0.756 e. The molecule has 2 saturated heterocycles. The van der Waals surface area contributed by atoms with Crippen molar-refractivity contribution in [2.75, 3.05) is 13.2 Å². The average molecular weight is 1340 g/mol. The van der Waals surface area contributed by atoms with Crippen molar-refractivity contribution in [3.63, 3.8) is 0 Å². The van der Waals surface area contributed by atoms with Crippen LogP contribution in [-0.4, -0.2) is 127 Å². The molecule has 29 heteroatoms. The Hall–Kier alpha value is -6.49. The Bertz CT molecular complexity index is 3540. The molecule has 92 heavy (non-hydrogen) atoms. The van der Waals surface area contributed by atoms with Crippen molar-refractivity contribution in [1.82, 2.24) is 14.9 Å². The first kappa shape index (κ1) is 74.5. The first-order valence-corrected chi connectivity index (χ1v) is 32.0. The van der Waals surface area contributed by atoms with Gasteiger partial charge in [0, 0.05) is 108 Å². The molecular weight excluding hydrogens is 1250 g/mol. The topological polar surface area (TPSA) is 465 Å². The minimum absolute atomic E-state index is 0. The Morgan fingerprint density at radius 1 is 0.793 bits per heavy atom. The van der Waals surface area contributed by atoms with E-state index < -0.39 is 143 Å². The number of aliphatic imine (C=N–C) groups is 3. The van der Waals surface area contributed by atoms with E-state index in [0.29, 0.717) is 56.4 Å². The van der Waals surface area contributed by atoms with Gasteiger partial charge in [-0.25, -0.2) is 4.98 Å². The number of rotatable bonds is 26. The molecule has 5 unspecified atom stereocenters. The van der Waals surface area contributed by atoms with Crippen molar-refractivity contribution in [2.24, 2.45) is 94.7 Å². The third-order valence-corrected chi connectivity index (χ3v) is 21.6. The third kappa shape index (κ3) is 14.1. The Balaban J connectivity index is 0.00000672.